The van der Waals surface area contributed by atoms with Crippen LogP contribution < -0.4 is 5.32 Å². The molecule has 0 saturated carbocycles. The Morgan fingerprint density at radius 2 is 1.70 bits per heavy atom. The van der Waals surface area contributed by atoms with E-state index in [1.54, 1.807) is 0 Å². The van der Waals surface area contributed by atoms with E-state index in [4.69, 9.17) is 4.98 Å². The highest BCUT2D eigenvalue weighted by atomic mass is 15.0. The molecule has 0 saturated heterocycles. The van der Waals surface area contributed by atoms with Gasteiger partial charge in [0.15, 0.2) is 0 Å². The zero-order valence-corrected chi connectivity index (χ0v) is 14.7. The van der Waals surface area contributed by atoms with Crippen molar-refractivity contribution in [1.29, 1.82) is 0 Å². The second-order valence-corrected chi connectivity index (χ2v) is 6.52. The van der Waals surface area contributed by atoms with Crippen LogP contribution in [0, 0.1) is 0 Å². The van der Waals surface area contributed by atoms with Crippen molar-refractivity contribution in [2.75, 3.05) is 13.1 Å². The van der Waals surface area contributed by atoms with Crippen LogP contribution in [-0.2, 0) is 0 Å². The lowest BCUT2D eigenvalue weighted by atomic mass is 10.1. The molecule has 0 radical (unpaired) electrons. The van der Waals surface area contributed by atoms with Gasteiger partial charge in [0.2, 0.25) is 0 Å². The summed E-state index contributed by atoms with van der Waals surface area (Å²) in [6.45, 7) is 1.86. The summed E-state index contributed by atoms with van der Waals surface area (Å²) >= 11 is 0. The maximum atomic E-state index is 4.80. The predicted octanol–water partition coefficient (Wildman–Crippen LogP) is 3.20. The van der Waals surface area contributed by atoms with E-state index in [2.05, 4.69) is 62.9 Å². The number of amidine groups is 1. The summed E-state index contributed by atoms with van der Waals surface area (Å²) < 4.78 is 2.04. The molecule has 0 unspecified atom stereocenters. The lowest BCUT2D eigenvalue weighted by Crippen LogP contribution is -2.30. The summed E-state index contributed by atoms with van der Waals surface area (Å²) in [6.07, 6.45) is 10.3. The van der Waals surface area contributed by atoms with Crippen molar-refractivity contribution in [1.82, 2.24) is 24.7 Å². The van der Waals surface area contributed by atoms with Gasteiger partial charge in [-0.25, -0.2) is 15.0 Å². The number of benzene rings is 1. The smallest absolute Gasteiger partial charge is 0.138 e. The van der Waals surface area contributed by atoms with Crippen LogP contribution in [0.4, 0.5) is 0 Å². The first kappa shape index (κ1) is 15.7. The molecule has 0 aliphatic carbocycles. The Balaban J connectivity index is 1.47. The van der Waals surface area contributed by atoms with Gasteiger partial charge in [-0.05, 0) is 24.1 Å². The van der Waals surface area contributed by atoms with Gasteiger partial charge >= 0.3 is 0 Å². The van der Waals surface area contributed by atoms with Crippen LogP contribution in [-0.4, -0.2) is 38.3 Å². The number of aromatic nitrogens is 4. The van der Waals surface area contributed by atoms with Crippen molar-refractivity contribution in [2.45, 2.75) is 6.42 Å². The van der Waals surface area contributed by atoms with E-state index in [1.165, 1.54) is 6.33 Å². The van der Waals surface area contributed by atoms with E-state index in [9.17, 15) is 0 Å². The second-order valence-electron chi connectivity index (χ2n) is 6.52. The van der Waals surface area contributed by atoms with Crippen molar-refractivity contribution >= 4 is 11.5 Å². The minimum Gasteiger partial charge on any atom is -0.370 e. The Labute approximate surface area is 156 Å². The van der Waals surface area contributed by atoms with Gasteiger partial charge in [-0.3, -0.25) is 4.99 Å². The third-order valence-corrected chi connectivity index (χ3v) is 4.71. The largest absolute Gasteiger partial charge is 0.370 e. The average Bonchev–Trinajstić information content (AvgIpc) is 3.18. The molecule has 1 aliphatic rings. The van der Waals surface area contributed by atoms with Crippen LogP contribution in [0.15, 0.2) is 72.5 Å². The van der Waals surface area contributed by atoms with Gasteiger partial charge < -0.3 is 9.72 Å². The number of hydrogen-bond acceptors (Lipinski definition) is 5. The molecule has 0 atom stereocenters. The number of pyridine rings is 1. The fourth-order valence-corrected chi connectivity index (χ4v) is 3.28. The van der Waals surface area contributed by atoms with Crippen molar-refractivity contribution in [2.24, 2.45) is 4.99 Å². The molecule has 1 aliphatic heterocycles. The highest BCUT2D eigenvalue weighted by Crippen LogP contribution is 2.24. The van der Waals surface area contributed by atoms with E-state index >= 15 is 0 Å². The van der Waals surface area contributed by atoms with Crippen LogP contribution in [0.1, 0.15) is 12.0 Å². The highest BCUT2D eigenvalue weighted by Gasteiger charge is 2.10. The molecule has 0 fully saturated rings. The molecule has 0 bridgehead atoms. The van der Waals surface area contributed by atoms with Crippen molar-refractivity contribution < 1.29 is 0 Å². The molecule has 6 heteroatoms. The first-order chi connectivity index (χ1) is 13.4. The molecule has 27 heavy (non-hydrogen) atoms. The molecule has 4 aromatic rings. The molecule has 0 spiro atoms. The van der Waals surface area contributed by atoms with Crippen molar-refractivity contribution in [3.05, 3.63) is 73.1 Å². The lowest BCUT2D eigenvalue weighted by molar-refractivity contribution is 0.742. The van der Waals surface area contributed by atoms with Crippen molar-refractivity contribution in [3.8, 4) is 22.4 Å². The fourth-order valence-electron chi connectivity index (χ4n) is 3.28. The minimum absolute atomic E-state index is 0.881. The van der Waals surface area contributed by atoms with E-state index in [-0.39, 0.29) is 0 Å². The SMILES string of the molecule is c1ncc(-c2ccc(-c3cn4ccc(C5=NCCCN5)cc4n3)cc2)cn1. The Kier molecular flexibility index (Phi) is 3.86. The number of fused-ring (bicyclic) bond motifs is 1. The number of nitrogens with one attached hydrogen (secondary N) is 1. The minimum atomic E-state index is 0.881. The third-order valence-electron chi connectivity index (χ3n) is 4.71. The van der Waals surface area contributed by atoms with Gasteiger partial charge in [-0.15, -0.1) is 0 Å². The van der Waals surface area contributed by atoms with E-state index < -0.39 is 0 Å². The second kappa shape index (κ2) is 6.64. The summed E-state index contributed by atoms with van der Waals surface area (Å²) in [4.78, 5) is 17.5. The van der Waals surface area contributed by atoms with Crippen LogP contribution >= 0.6 is 0 Å². The number of imidazole rings is 1. The van der Waals surface area contributed by atoms with Crippen LogP contribution in [0.3, 0.4) is 0 Å². The first-order valence-corrected chi connectivity index (χ1v) is 9.00. The van der Waals surface area contributed by atoms with Crippen molar-refractivity contribution in [3.63, 3.8) is 0 Å². The number of aliphatic imine (C=N–C) groups is 1. The highest BCUT2D eigenvalue weighted by molar-refractivity contribution is 5.99. The van der Waals surface area contributed by atoms with Gasteiger partial charge in [0, 0.05) is 54.6 Å². The summed E-state index contributed by atoms with van der Waals surface area (Å²) in [5, 5.41) is 3.36. The Hall–Kier alpha value is -3.54. The molecule has 1 N–H and O–H groups in total. The van der Waals surface area contributed by atoms with Crippen LogP contribution in [0.25, 0.3) is 28.0 Å². The Bertz CT molecular complexity index is 1110. The normalized spacial score (nSPS) is 14.0. The zero-order chi connectivity index (χ0) is 18.1. The van der Waals surface area contributed by atoms with E-state index in [0.717, 1.165) is 58.9 Å². The summed E-state index contributed by atoms with van der Waals surface area (Å²) in [7, 11) is 0. The molecule has 0 amide bonds. The average molecular weight is 354 g/mol. The molecular formula is C21H18N6. The molecule has 3 aromatic heterocycles. The Morgan fingerprint density at radius 3 is 2.48 bits per heavy atom. The molecular weight excluding hydrogens is 336 g/mol. The van der Waals surface area contributed by atoms with Crippen LogP contribution in [0.5, 0.6) is 0 Å². The maximum Gasteiger partial charge on any atom is 0.138 e. The molecule has 5 rings (SSSR count). The number of nitrogens with zero attached hydrogens (tertiary/aromatic N) is 5. The molecule has 4 heterocycles. The van der Waals surface area contributed by atoms with Gasteiger partial charge in [-0.2, -0.15) is 0 Å². The summed E-state index contributed by atoms with van der Waals surface area (Å²) in [6, 6.07) is 12.5. The van der Waals surface area contributed by atoms with Gasteiger partial charge in [0.05, 0.1) is 5.69 Å². The van der Waals surface area contributed by atoms with Gasteiger partial charge in [0.1, 0.15) is 17.8 Å². The predicted molar refractivity (Wildman–Crippen MR) is 106 cm³/mol. The number of rotatable bonds is 3. The maximum absolute atomic E-state index is 4.80. The topological polar surface area (TPSA) is 67.5 Å². The fraction of sp³-hybridized carbons (Fsp3) is 0.143. The lowest BCUT2D eigenvalue weighted by Gasteiger charge is -2.14. The quantitative estimate of drug-likeness (QED) is 0.613. The zero-order valence-electron chi connectivity index (χ0n) is 14.7. The van der Waals surface area contributed by atoms with Gasteiger partial charge in [0.25, 0.3) is 0 Å². The van der Waals surface area contributed by atoms with Crippen LogP contribution in [0.2, 0.25) is 0 Å². The van der Waals surface area contributed by atoms with E-state index in [0.29, 0.717) is 0 Å². The summed E-state index contributed by atoms with van der Waals surface area (Å²) in [5.74, 6) is 0.961. The monoisotopic (exact) mass is 354 g/mol. The third kappa shape index (κ3) is 3.06. The van der Waals surface area contributed by atoms with E-state index in [1.807, 2.05) is 23.0 Å². The first-order valence-electron chi connectivity index (χ1n) is 9.00. The number of hydrogen-bond donors (Lipinski definition) is 1. The molecule has 6 nitrogen and oxygen atoms in total. The summed E-state index contributed by atoms with van der Waals surface area (Å²) in [5.41, 5.74) is 6.11. The molecule has 132 valence electrons. The van der Waals surface area contributed by atoms with Gasteiger partial charge in [-0.1, -0.05) is 24.3 Å². The standard InChI is InChI=1S/C21H18N6/c1-7-24-21(25-8-1)17-6-9-27-13-19(26-20(27)10-17)16-4-2-15(3-5-16)18-11-22-14-23-12-18/h2-6,9-14H,1,7-8H2,(H,24,25). The Morgan fingerprint density at radius 1 is 0.889 bits per heavy atom. The molecule has 1 aromatic carbocycles.